The molecule has 0 aliphatic heterocycles. The van der Waals surface area contributed by atoms with Gasteiger partial charge in [0.2, 0.25) is 0 Å². The van der Waals surface area contributed by atoms with Gasteiger partial charge in [-0.05, 0) is 81.9 Å². The summed E-state index contributed by atoms with van der Waals surface area (Å²) in [5.41, 5.74) is 5.91. The Bertz CT molecular complexity index is 2780. The average Bonchev–Trinajstić information content (AvgIpc) is 3.69. The van der Waals surface area contributed by atoms with E-state index in [2.05, 4.69) is 169 Å². The predicted octanol–water partition coefficient (Wildman–Crippen LogP) is 13.9. The second-order valence-electron chi connectivity index (χ2n) is 12.1. The highest BCUT2D eigenvalue weighted by Gasteiger charge is 2.19. The first-order chi connectivity index (χ1) is 23.3. The molecular formula is C44H27NS2. The molecule has 47 heavy (non-hydrogen) atoms. The summed E-state index contributed by atoms with van der Waals surface area (Å²) < 4.78 is 5.37. The molecule has 220 valence electrons. The summed E-state index contributed by atoms with van der Waals surface area (Å²) in [7, 11) is 0. The first kappa shape index (κ1) is 26.7. The van der Waals surface area contributed by atoms with Crippen LogP contribution in [0.3, 0.4) is 0 Å². The summed E-state index contributed by atoms with van der Waals surface area (Å²) in [6.45, 7) is 0. The molecule has 2 heterocycles. The Balaban J connectivity index is 1.21. The lowest BCUT2D eigenvalue weighted by atomic mass is 10.0. The standard InChI is InChI=1S/C44H27NS2/c1-2-9-28(10-3-1)29-17-19-33(20-18-29)45(39-16-8-14-30-11-6-7-15-35(30)39)34-21-23-40-38(27-34)43-41(46-40)24-22-36-37-25-31-12-4-5-13-32(31)26-42(37)47-44(36)43/h1-27H. The highest BCUT2D eigenvalue weighted by atomic mass is 32.1. The Kier molecular flexibility index (Phi) is 5.98. The summed E-state index contributed by atoms with van der Waals surface area (Å²) in [5.74, 6) is 0. The van der Waals surface area contributed by atoms with Crippen LogP contribution in [-0.4, -0.2) is 0 Å². The minimum atomic E-state index is 1.14. The van der Waals surface area contributed by atoms with E-state index in [-0.39, 0.29) is 0 Å². The van der Waals surface area contributed by atoms with Crippen LogP contribution in [0.2, 0.25) is 0 Å². The molecule has 8 aromatic carbocycles. The SMILES string of the molecule is c1ccc(-c2ccc(N(c3ccc4sc5ccc6c7cc8ccccc8cc7sc6c5c4c3)c3cccc4ccccc34)cc2)cc1. The van der Waals surface area contributed by atoms with Crippen LogP contribution in [0.5, 0.6) is 0 Å². The van der Waals surface area contributed by atoms with Gasteiger partial charge in [-0.3, -0.25) is 0 Å². The van der Waals surface area contributed by atoms with Crippen molar-refractivity contribution in [2.24, 2.45) is 0 Å². The number of thiophene rings is 2. The van der Waals surface area contributed by atoms with Gasteiger partial charge < -0.3 is 4.90 Å². The molecule has 0 aliphatic carbocycles. The molecule has 0 radical (unpaired) electrons. The van der Waals surface area contributed by atoms with E-state index in [4.69, 9.17) is 0 Å². The molecule has 0 saturated carbocycles. The van der Waals surface area contributed by atoms with E-state index in [0.29, 0.717) is 0 Å². The van der Waals surface area contributed by atoms with E-state index in [0.717, 1.165) is 11.4 Å². The number of nitrogens with zero attached hydrogens (tertiary/aromatic N) is 1. The third-order valence-corrected chi connectivity index (χ3v) is 11.7. The zero-order valence-electron chi connectivity index (χ0n) is 25.4. The average molecular weight is 634 g/mol. The van der Waals surface area contributed by atoms with Crippen molar-refractivity contribution in [3.8, 4) is 11.1 Å². The lowest BCUT2D eigenvalue weighted by Crippen LogP contribution is -2.10. The van der Waals surface area contributed by atoms with Crippen molar-refractivity contribution in [2.75, 3.05) is 4.90 Å². The van der Waals surface area contributed by atoms with Gasteiger partial charge in [0.1, 0.15) is 0 Å². The second kappa shape index (κ2) is 10.5. The minimum absolute atomic E-state index is 1.14. The van der Waals surface area contributed by atoms with E-state index >= 15 is 0 Å². The molecule has 3 heteroatoms. The van der Waals surface area contributed by atoms with Crippen molar-refractivity contribution in [1.82, 2.24) is 0 Å². The third kappa shape index (κ3) is 4.28. The Morgan fingerprint density at radius 2 is 1.04 bits per heavy atom. The van der Waals surface area contributed by atoms with Crippen LogP contribution in [0.4, 0.5) is 17.1 Å². The fourth-order valence-electron chi connectivity index (χ4n) is 7.17. The quantitative estimate of drug-likeness (QED) is 0.186. The summed E-state index contributed by atoms with van der Waals surface area (Å²) in [4.78, 5) is 2.43. The first-order valence-corrected chi connectivity index (χ1v) is 17.6. The normalized spacial score (nSPS) is 11.8. The van der Waals surface area contributed by atoms with Gasteiger partial charge in [0.25, 0.3) is 0 Å². The van der Waals surface area contributed by atoms with Gasteiger partial charge in [0.15, 0.2) is 0 Å². The Morgan fingerprint density at radius 3 is 1.89 bits per heavy atom. The van der Waals surface area contributed by atoms with E-state index in [9.17, 15) is 0 Å². The van der Waals surface area contributed by atoms with Gasteiger partial charge in [0, 0.05) is 57.1 Å². The van der Waals surface area contributed by atoms with Crippen molar-refractivity contribution in [3.63, 3.8) is 0 Å². The van der Waals surface area contributed by atoms with Crippen molar-refractivity contribution < 1.29 is 0 Å². The van der Waals surface area contributed by atoms with Gasteiger partial charge in [-0.25, -0.2) is 0 Å². The molecule has 0 spiro atoms. The lowest BCUT2D eigenvalue weighted by Gasteiger charge is -2.27. The molecule has 10 rings (SSSR count). The van der Waals surface area contributed by atoms with Crippen LogP contribution >= 0.6 is 22.7 Å². The highest BCUT2D eigenvalue weighted by Crippen LogP contribution is 2.47. The second-order valence-corrected chi connectivity index (χ2v) is 14.3. The van der Waals surface area contributed by atoms with Crippen molar-refractivity contribution in [2.45, 2.75) is 0 Å². The van der Waals surface area contributed by atoms with Gasteiger partial charge in [-0.15, -0.1) is 22.7 Å². The molecule has 1 nitrogen and oxygen atoms in total. The van der Waals surface area contributed by atoms with Crippen LogP contribution in [0.15, 0.2) is 164 Å². The van der Waals surface area contributed by atoms with Crippen molar-refractivity contribution in [3.05, 3.63) is 164 Å². The van der Waals surface area contributed by atoms with Gasteiger partial charge in [0.05, 0.1) is 5.69 Å². The van der Waals surface area contributed by atoms with Crippen LogP contribution < -0.4 is 4.90 Å². The molecule has 0 amide bonds. The molecular weight excluding hydrogens is 607 g/mol. The Hall–Kier alpha value is -5.48. The van der Waals surface area contributed by atoms with E-state index in [1.54, 1.807) is 0 Å². The fraction of sp³-hybridized carbons (Fsp3) is 0. The largest absolute Gasteiger partial charge is 0.310 e. The van der Waals surface area contributed by atoms with Gasteiger partial charge >= 0.3 is 0 Å². The molecule has 0 bridgehead atoms. The number of rotatable bonds is 4. The maximum atomic E-state index is 2.43. The highest BCUT2D eigenvalue weighted by molar-refractivity contribution is 7.29. The van der Waals surface area contributed by atoms with Crippen LogP contribution in [0, 0.1) is 0 Å². The zero-order valence-corrected chi connectivity index (χ0v) is 27.0. The third-order valence-electron chi connectivity index (χ3n) is 9.42. The molecule has 0 fully saturated rings. The first-order valence-electron chi connectivity index (χ1n) is 15.9. The Morgan fingerprint density at radius 1 is 0.362 bits per heavy atom. The number of hydrogen-bond acceptors (Lipinski definition) is 3. The maximum Gasteiger partial charge on any atom is 0.0540 e. The van der Waals surface area contributed by atoms with E-state index < -0.39 is 0 Å². The van der Waals surface area contributed by atoms with Crippen LogP contribution in [-0.2, 0) is 0 Å². The molecule has 0 atom stereocenters. The number of hydrogen-bond donors (Lipinski definition) is 0. The molecule has 0 saturated heterocycles. The Labute approximate surface area is 280 Å². The van der Waals surface area contributed by atoms with E-state index in [1.807, 2.05) is 22.7 Å². The van der Waals surface area contributed by atoms with Crippen LogP contribution in [0.25, 0.3) is 73.0 Å². The summed E-state index contributed by atoms with van der Waals surface area (Å²) in [6, 6.07) is 60.0. The number of benzene rings is 8. The smallest absolute Gasteiger partial charge is 0.0540 e. The predicted molar refractivity (Wildman–Crippen MR) is 207 cm³/mol. The molecule has 2 aromatic heterocycles. The topological polar surface area (TPSA) is 3.24 Å². The summed E-state index contributed by atoms with van der Waals surface area (Å²) in [6.07, 6.45) is 0. The fourth-order valence-corrected chi connectivity index (χ4v) is 9.62. The number of fused-ring (bicyclic) bond motifs is 9. The van der Waals surface area contributed by atoms with Crippen molar-refractivity contribution >= 4 is 102 Å². The van der Waals surface area contributed by atoms with Gasteiger partial charge in [-0.2, -0.15) is 0 Å². The summed E-state index contributed by atoms with van der Waals surface area (Å²) in [5, 5.41) is 10.4. The molecule has 10 aromatic rings. The maximum absolute atomic E-state index is 2.43. The lowest BCUT2D eigenvalue weighted by molar-refractivity contribution is 1.30. The van der Waals surface area contributed by atoms with Crippen molar-refractivity contribution in [1.29, 1.82) is 0 Å². The van der Waals surface area contributed by atoms with Gasteiger partial charge in [-0.1, -0.05) is 109 Å². The molecule has 0 aliphatic rings. The summed E-state index contributed by atoms with van der Waals surface area (Å²) >= 11 is 3.82. The minimum Gasteiger partial charge on any atom is -0.310 e. The van der Waals surface area contributed by atoms with Crippen LogP contribution in [0.1, 0.15) is 0 Å². The monoisotopic (exact) mass is 633 g/mol. The zero-order chi connectivity index (χ0) is 30.9. The number of anilines is 3. The molecule has 0 unspecified atom stereocenters. The molecule has 0 N–H and O–H groups in total. The van der Waals surface area contributed by atoms with E-state index in [1.165, 1.54) is 78.7 Å².